The summed E-state index contributed by atoms with van der Waals surface area (Å²) >= 11 is 0. The van der Waals surface area contributed by atoms with Gasteiger partial charge in [0.2, 0.25) is 41.9 Å². The smallest absolute Gasteiger partial charge is 0.481 e. The number of carboxylic acid groups (broad SMARTS) is 1. The van der Waals surface area contributed by atoms with E-state index in [9.17, 15) is 63.6 Å². The van der Waals surface area contributed by atoms with Crippen molar-refractivity contribution < 1.29 is 82.5 Å². The molecular formula is C54H62N8O18. The van der Waals surface area contributed by atoms with Gasteiger partial charge >= 0.3 is 18.1 Å². The minimum atomic E-state index is -2.12. The number of carbonyl (C=O) groups is 8. The molecule has 426 valence electrons. The van der Waals surface area contributed by atoms with Crippen LogP contribution in [0.3, 0.4) is 0 Å². The molecule has 0 radical (unpaired) electrons. The number of aliphatic hydroxyl groups excluding tert-OH is 3. The lowest BCUT2D eigenvalue weighted by Gasteiger charge is -2.35. The van der Waals surface area contributed by atoms with Crippen molar-refractivity contribution in [2.24, 2.45) is 5.92 Å². The fourth-order valence-electron chi connectivity index (χ4n) is 9.71. The molecule has 2 aromatic carbocycles. The highest BCUT2D eigenvalue weighted by Crippen LogP contribution is 2.44. The van der Waals surface area contributed by atoms with Crippen LogP contribution in [0.1, 0.15) is 87.6 Å². The molecule has 0 aliphatic carbocycles. The normalized spacial score (nSPS) is 18.1. The molecule has 2 aromatic heterocycles. The molecule has 9 N–H and O–H groups in total. The van der Waals surface area contributed by atoms with Gasteiger partial charge in [-0.1, -0.05) is 32.9 Å². The highest BCUT2D eigenvalue weighted by atomic mass is 16.7. The quantitative estimate of drug-likeness (QED) is 0.0390. The first-order valence-corrected chi connectivity index (χ1v) is 25.9. The van der Waals surface area contributed by atoms with Gasteiger partial charge in [0, 0.05) is 66.8 Å². The predicted molar refractivity (Wildman–Crippen MR) is 279 cm³/mol. The van der Waals surface area contributed by atoms with Gasteiger partial charge in [0.05, 0.1) is 41.7 Å². The number of amides is 5. The number of nitrogens with one attached hydrogen (secondary N) is 5. The Balaban J connectivity index is 0.905. The van der Waals surface area contributed by atoms with Crippen molar-refractivity contribution >= 4 is 64.2 Å². The summed E-state index contributed by atoms with van der Waals surface area (Å²) in [5, 5.41) is 52.9. The van der Waals surface area contributed by atoms with Gasteiger partial charge < -0.3 is 80.2 Å². The summed E-state index contributed by atoms with van der Waals surface area (Å²) < 4.78 is 29.5. The average Bonchev–Trinajstić information content (AvgIpc) is 4.28. The van der Waals surface area contributed by atoms with Crippen LogP contribution in [0.2, 0.25) is 0 Å². The third-order valence-electron chi connectivity index (χ3n) is 14.0. The maximum atomic E-state index is 14.4. The molecule has 26 nitrogen and oxygen atoms in total. The minimum absolute atomic E-state index is 0.0130. The zero-order valence-electron chi connectivity index (χ0n) is 44.2. The number of aromatic nitrogens is 2. The van der Waals surface area contributed by atoms with Crippen LogP contribution < -0.4 is 41.6 Å². The summed E-state index contributed by atoms with van der Waals surface area (Å²) in [5.41, 5.74) is 0.823. The van der Waals surface area contributed by atoms with Gasteiger partial charge in [-0.15, -0.1) is 0 Å². The minimum Gasteiger partial charge on any atom is -0.481 e. The van der Waals surface area contributed by atoms with E-state index in [0.29, 0.717) is 44.9 Å². The second kappa shape index (κ2) is 24.7. The molecule has 8 rings (SSSR count). The number of hydrogen-bond acceptors (Lipinski definition) is 19. The molecule has 4 aliphatic rings. The van der Waals surface area contributed by atoms with E-state index in [1.807, 2.05) is 13.8 Å². The van der Waals surface area contributed by atoms with Crippen molar-refractivity contribution in [3.63, 3.8) is 0 Å². The number of aliphatic hydroxyl groups is 3. The first-order chi connectivity index (χ1) is 38.2. The average molecular weight is 1110 g/mol. The Morgan fingerprint density at radius 3 is 2.31 bits per heavy atom. The van der Waals surface area contributed by atoms with Crippen LogP contribution in [0.15, 0.2) is 59.4 Å². The number of nitrogens with zero attached hydrogens (tertiary/aromatic N) is 3. The maximum absolute atomic E-state index is 14.4. The summed E-state index contributed by atoms with van der Waals surface area (Å²) in [6.07, 6.45) is -2.06. The van der Waals surface area contributed by atoms with Crippen LogP contribution in [0, 0.1) is 5.92 Å². The second-order valence-corrected chi connectivity index (χ2v) is 20.0. The molecule has 5 amide bonds. The van der Waals surface area contributed by atoms with E-state index in [1.54, 1.807) is 25.1 Å². The molecule has 0 saturated carbocycles. The number of benzene rings is 2. The highest BCUT2D eigenvalue weighted by molar-refractivity contribution is 5.99. The molecule has 6 heterocycles. The third-order valence-corrected chi connectivity index (χ3v) is 14.0. The van der Waals surface area contributed by atoms with Crippen LogP contribution in [0.4, 0.5) is 10.5 Å². The fraction of sp³-hybridized carbons (Fsp3) is 0.444. The summed E-state index contributed by atoms with van der Waals surface area (Å²) in [7, 11) is 0. The molecule has 6 atom stereocenters. The van der Waals surface area contributed by atoms with Gasteiger partial charge in [-0.05, 0) is 73.6 Å². The number of cyclic esters (lactones) is 1. The van der Waals surface area contributed by atoms with E-state index in [1.165, 1.54) is 47.9 Å². The van der Waals surface area contributed by atoms with Crippen molar-refractivity contribution in [2.75, 3.05) is 31.8 Å². The lowest BCUT2D eigenvalue weighted by molar-refractivity contribution is -0.175. The fourth-order valence-corrected chi connectivity index (χ4v) is 9.71. The number of pyridine rings is 2. The largest absolute Gasteiger partial charge is 0.510 e. The number of anilines is 1. The zero-order valence-corrected chi connectivity index (χ0v) is 44.2. The van der Waals surface area contributed by atoms with Gasteiger partial charge in [0.1, 0.15) is 37.6 Å². The summed E-state index contributed by atoms with van der Waals surface area (Å²) in [5.74, 6) is -4.68. The van der Waals surface area contributed by atoms with Gasteiger partial charge in [-0.25, -0.2) is 14.6 Å². The highest BCUT2D eigenvalue weighted by Gasteiger charge is 2.51. The van der Waals surface area contributed by atoms with Crippen molar-refractivity contribution in [1.29, 1.82) is 0 Å². The number of carboxylic acids is 1. The van der Waals surface area contributed by atoms with E-state index in [-0.39, 0.29) is 88.0 Å². The Labute approximate surface area is 456 Å². The number of ether oxygens (including phenoxy) is 5. The molecule has 4 aromatic rings. The molecule has 0 bridgehead atoms. The van der Waals surface area contributed by atoms with Crippen LogP contribution in [-0.2, 0) is 79.7 Å². The maximum Gasteiger partial charge on any atom is 0.510 e. The van der Waals surface area contributed by atoms with Crippen LogP contribution >= 0.6 is 0 Å². The van der Waals surface area contributed by atoms with Crippen molar-refractivity contribution in [2.45, 2.75) is 122 Å². The molecule has 0 fully saturated rings. The van der Waals surface area contributed by atoms with Gasteiger partial charge in [0.25, 0.3) is 5.56 Å². The number of esters is 1. The number of rotatable bonds is 24. The number of hydrogen-bond donors (Lipinski definition) is 9. The van der Waals surface area contributed by atoms with Crippen molar-refractivity contribution in [1.82, 2.24) is 35.7 Å². The molecule has 80 heavy (non-hydrogen) atoms. The lowest BCUT2D eigenvalue weighted by Crippen LogP contribution is -2.55. The standard InChI is InChI=1S/C54H62N8O18/c1-5-54(36-18-40-47-34(22-62(40)51(73)35(36)25-76-52(54)74)33(21-55-20-31(64)23-63)32-17-41-42(79-26-78-41)19-38(32)59-47)80-53(75)77-24-29-6-8-30(9-7-29)57-49(71)37(10-13-46(68)69)60-48(70)28(4)56-50(72)39(16-27(2)3)58-43(65)14-15-61-44(66)11-12-45(61)67/h6-9,11-12,17-19,27-28,31,37,39,44,55,63-64,66H,5,10,13-16,20-26H2,1-4H3,(H,56,72)(H,57,71)(H,58,65)(H,60,70)(H,68,69)/t28-,31-,37-,39+,44?,54-/m0/s1. The van der Waals surface area contributed by atoms with Crippen LogP contribution in [0.25, 0.3) is 22.3 Å². The first kappa shape index (κ1) is 57.7. The number of carbonyl (C=O) groups excluding carboxylic acids is 7. The summed E-state index contributed by atoms with van der Waals surface area (Å²) in [6, 6.07) is 7.24. The number of aliphatic carboxylic acids is 1. The van der Waals surface area contributed by atoms with E-state index < -0.39 is 109 Å². The van der Waals surface area contributed by atoms with Crippen molar-refractivity contribution in [3.05, 3.63) is 92.8 Å². The van der Waals surface area contributed by atoms with E-state index in [0.717, 1.165) is 10.5 Å². The Kier molecular flexibility index (Phi) is 17.8. The summed E-state index contributed by atoms with van der Waals surface area (Å²) in [4.78, 5) is 124. The van der Waals surface area contributed by atoms with Crippen LogP contribution in [0.5, 0.6) is 11.5 Å². The molecule has 0 saturated heterocycles. The Bertz CT molecular complexity index is 3200. The second-order valence-electron chi connectivity index (χ2n) is 20.0. The Hall–Kier alpha value is -8.46. The molecule has 0 spiro atoms. The zero-order chi connectivity index (χ0) is 57.6. The number of fused-ring (bicyclic) bond motifs is 6. The van der Waals surface area contributed by atoms with Gasteiger partial charge in [-0.3, -0.25) is 33.6 Å². The van der Waals surface area contributed by atoms with Gasteiger partial charge in [-0.2, -0.15) is 0 Å². The molecule has 26 heteroatoms. The SMILES string of the molecule is CC[C@@]1(OC(=O)OCc2ccc(NC(=O)[C@H](CCC(=O)O)NC(=O)[C@H](C)NC(=O)[C@@H](CC(C)C)NC(=O)CCN3C(=O)C=CC3O)cc2)C(=O)OCc2c1cc1n(c2=O)Cc2c-1nc1cc3c(cc1c2CNC[C@H](O)CO)OCO3. The molecular weight excluding hydrogens is 1050 g/mol. The molecule has 1 unspecified atom stereocenters. The molecule has 4 aliphatic heterocycles. The third kappa shape index (κ3) is 12.7. The van der Waals surface area contributed by atoms with E-state index >= 15 is 0 Å². The topological polar surface area (TPSA) is 362 Å². The lowest BCUT2D eigenvalue weighted by atomic mass is 9.85. The van der Waals surface area contributed by atoms with Crippen LogP contribution in [-0.4, -0.2) is 139 Å². The van der Waals surface area contributed by atoms with E-state index in [4.69, 9.17) is 28.7 Å². The summed E-state index contributed by atoms with van der Waals surface area (Å²) in [6.45, 7) is 5.56. The Morgan fingerprint density at radius 2 is 1.64 bits per heavy atom. The first-order valence-electron chi connectivity index (χ1n) is 25.9. The monoisotopic (exact) mass is 1110 g/mol. The van der Waals surface area contributed by atoms with E-state index in [2.05, 4.69) is 26.6 Å². The predicted octanol–water partition coefficient (Wildman–Crippen LogP) is 1.04. The van der Waals surface area contributed by atoms with Gasteiger partial charge in [0.15, 0.2) is 11.5 Å². The van der Waals surface area contributed by atoms with Crippen molar-refractivity contribution in [3.8, 4) is 22.9 Å². The Morgan fingerprint density at radius 1 is 0.900 bits per heavy atom.